The number of hydrogen-bond donors (Lipinski definition) is 0. The third-order valence-electron chi connectivity index (χ3n) is 5.50. The molecule has 0 spiro atoms. The summed E-state index contributed by atoms with van der Waals surface area (Å²) in [6, 6.07) is 22.6. The predicted octanol–water partition coefficient (Wildman–Crippen LogP) is 4.63. The van der Waals surface area contributed by atoms with E-state index in [-0.39, 0.29) is 11.9 Å². The van der Waals surface area contributed by atoms with E-state index in [2.05, 4.69) is 35.2 Å². The second-order valence-electron chi connectivity index (χ2n) is 7.33. The molecular formula is C24H26N2O2. The predicted molar refractivity (Wildman–Crippen MR) is 112 cm³/mol. The van der Waals surface area contributed by atoms with Crippen molar-refractivity contribution in [3.05, 3.63) is 90.4 Å². The largest absolute Gasteiger partial charge is 0.472 e. The molecule has 4 nitrogen and oxygen atoms in total. The van der Waals surface area contributed by atoms with Crippen molar-refractivity contribution in [3.63, 3.8) is 0 Å². The fourth-order valence-electron chi connectivity index (χ4n) is 3.94. The van der Waals surface area contributed by atoms with E-state index in [1.54, 1.807) is 12.3 Å². The van der Waals surface area contributed by atoms with E-state index in [0.717, 1.165) is 44.6 Å². The molecule has 1 aliphatic rings. The number of nitrogens with zero attached hydrogens (tertiary/aromatic N) is 2. The number of anilines is 1. The van der Waals surface area contributed by atoms with E-state index in [9.17, 15) is 4.79 Å². The van der Waals surface area contributed by atoms with Crippen molar-refractivity contribution in [1.29, 1.82) is 0 Å². The van der Waals surface area contributed by atoms with Gasteiger partial charge in [0.2, 0.25) is 0 Å². The molecule has 3 aromatic rings. The molecular weight excluding hydrogens is 348 g/mol. The minimum absolute atomic E-state index is 0.0164. The van der Waals surface area contributed by atoms with Gasteiger partial charge < -0.3 is 14.2 Å². The van der Waals surface area contributed by atoms with Crippen molar-refractivity contribution in [3.8, 4) is 0 Å². The maximum Gasteiger partial charge on any atom is 0.261 e. The number of amides is 1. The first-order chi connectivity index (χ1) is 13.8. The summed E-state index contributed by atoms with van der Waals surface area (Å²) in [5, 5.41) is 0. The van der Waals surface area contributed by atoms with Crippen LogP contribution in [0.25, 0.3) is 0 Å². The van der Waals surface area contributed by atoms with Crippen LogP contribution in [0.1, 0.15) is 28.8 Å². The lowest BCUT2D eigenvalue weighted by atomic mass is 10.0. The van der Waals surface area contributed by atoms with Gasteiger partial charge in [-0.3, -0.25) is 4.79 Å². The number of carbonyl (C=O) groups excluding carboxylic acids is 1. The van der Waals surface area contributed by atoms with Crippen molar-refractivity contribution in [2.24, 2.45) is 0 Å². The number of furan rings is 1. The molecule has 2 aromatic carbocycles. The summed E-state index contributed by atoms with van der Waals surface area (Å²) in [4.78, 5) is 17.6. The number of piperidine rings is 1. The molecule has 0 unspecified atom stereocenters. The first kappa shape index (κ1) is 18.5. The number of likely N-dealkylation sites (tertiary alicyclic amines) is 1. The zero-order valence-electron chi connectivity index (χ0n) is 16.0. The molecule has 0 aliphatic carbocycles. The molecule has 1 aromatic heterocycles. The minimum Gasteiger partial charge on any atom is -0.472 e. The molecule has 0 saturated carbocycles. The van der Waals surface area contributed by atoms with Crippen LogP contribution in [0.15, 0.2) is 83.7 Å². The molecule has 28 heavy (non-hydrogen) atoms. The topological polar surface area (TPSA) is 36.7 Å². The third kappa shape index (κ3) is 4.34. The Morgan fingerprint density at radius 3 is 2.29 bits per heavy atom. The Bertz CT molecular complexity index is 854. The quantitative estimate of drug-likeness (QED) is 0.631. The Morgan fingerprint density at radius 2 is 1.64 bits per heavy atom. The van der Waals surface area contributed by atoms with Crippen molar-refractivity contribution in [2.45, 2.75) is 25.3 Å². The van der Waals surface area contributed by atoms with E-state index in [1.807, 2.05) is 35.2 Å². The molecule has 2 heterocycles. The highest BCUT2D eigenvalue weighted by Crippen LogP contribution is 2.26. The van der Waals surface area contributed by atoms with Gasteiger partial charge in [-0.1, -0.05) is 48.5 Å². The maximum atomic E-state index is 13.2. The Morgan fingerprint density at radius 1 is 0.964 bits per heavy atom. The van der Waals surface area contributed by atoms with Crippen LogP contribution in [0.5, 0.6) is 0 Å². The van der Waals surface area contributed by atoms with Gasteiger partial charge >= 0.3 is 0 Å². The average molecular weight is 374 g/mol. The normalized spacial score (nSPS) is 15.4. The molecule has 1 fully saturated rings. The van der Waals surface area contributed by atoms with Crippen LogP contribution in [0.4, 0.5) is 5.69 Å². The van der Waals surface area contributed by atoms with Crippen molar-refractivity contribution in [2.75, 3.05) is 24.5 Å². The molecule has 0 bridgehead atoms. The van der Waals surface area contributed by atoms with Crippen LogP contribution >= 0.6 is 0 Å². The lowest BCUT2D eigenvalue weighted by Crippen LogP contribution is -2.48. The Hall–Kier alpha value is -2.85. The van der Waals surface area contributed by atoms with Gasteiger partial charge in [0.05, 0.1) is 11.8 Å². The van der Waals surface area contributed by atoms with Crippen molar-refractivity contribution >= 4 is 11.6 Å². The van der Waals surface area contributed by atoms with Gasteiger partial charge in [0.25, 0.3) is 5.91 Å². The Balaban J connectivity index is 1.42. The summed E-state index contributed by atoms with van der Waals surface area (Å²) in [5.41, 5.74) is 2.94. The molecule has 0 N–H and O–H groups in total. The molecule has 0 radical (unpaired) electrons. The highest BCUT2D eigenvalue weighted by atomic mass is 16.3. The molecule has 1 aliphatic heterocycles. The van der Waals surface area contributed by atoms with Gasteiger partial charge in [-0.15, -0.1) is 0 Å². The number of benzene rings is 2. The lowest BCUT2D eigenvalue weighted by molar-refractivity contribution is 0.0959. The van der Waals surface area contributed by atoms with E-state index < -0.39 is 0 Å². The zero-order valence-corrected chi connectivity index (χ0v) is 16.0. The van der Waals surface area contributed by atoms with Crippen LogP contribution in [0.2, 0.25) is 0 Å². The molecule has 4 heteroatoms. The standard InChI is InChI=1S/C24H26N2O2/c27-24(21-14-18-28-19-21)26(22-9-5-2-6-10-22)23-12-16-25(17-13-23)15-11-20-7-3-1-4-8-20/h1-10,14,18-19,23H,11-13,15-17H2. The Kier molecular flexibility index (Phi) is 5.88. The van der Waals surface area contributed by atoms with Crippen molar-refractivity contribution in [1.82, 2.24) is 4.90 Å². The number of carbonyl (C=O) groups is 1. The molecule has 4 rings (SSSR count). The average Bonchev–Trinajstić information content (AvgIpc) is 3.30. The maximum absolute atomic E-state index is 13.2. The summed E-state index contributed by atoms with van der Waals surface area (Å²) in [5.74, 6) is 0.0164. The second-order valence-corrected chi connectivity index (χ2v) is 7.33. The highest BCUT2D eigenvalue weighted by Gasteiger charge is 2.30. The molecule has 1 saturated heterocycles. The van der Waals surface area contributed by atoms with Crippen LogP contribution in [0.3, 0.4) is 0 Å². The summed E-state index contributed by atoms with van der Waals surface area (Å²) >= 11 is 0. The van der Waals surface area contributed by atoms with Gasteiger partial charge in [0.15, 0.2) is 0 Å². The summed E-state index contributed by atoms with van der Waals surface area (Å²) in [6.07, 6.45) is 6.12. The summed E-state index contributed by atoms with van der Waals surface area (Å²) in [6.45, 7) is 3.09. The van der Waals surface area contributed by atoms with E-state index in [0.29, 0.717) is 5.56 Å². The molecule has 0 atom stereocenters. The minimum atomic E-state index is 0.0164. The van der Waals surface area contributed by atoms with E-state index in [4.69, 9.17) is 4.42 Å². The number of hydrogen-bond acceptors (Lipinski definition) is 3. The van der Waals surface area contributed by atoms with Crippen LogP contribution in [-0.4, -0.2) is 36.5 Å². The van der Waals surface area contributed by atoms with Gasteiger partial charge in [-0.05, 0) is 43.0 Å². The van der Waals surface area contributed by atoms with Crippen LogP contribution in [-0.2, 0) is 6.42 Å². The van der Waals surface area contributed by atoms with Gasteiger partial charge in [-0.25, -0.2) is 0 Å². The monoisotopic (exact) mass is 374 g/mol. The second kappa shape index (κ2) is 8.89. The zero-order chi connectivity index (χ0) is 19.2. The van der Waals surface area contributed by atoms with Gasteiger partial charge in [-0.2, -0.15) is 0 Å². The van der Waals surface area contributed by atoms with Gasteiger partial charge in [0, 0.05) is 31.4 Å². The molecule has 144 valence electrons. The number of para-hydroxylation sites is 1. The van der Waals surface area contributed by atoms with Crippen LogP contribution in [0, 0.1) is 0 Å². The summed E-state index contributed by atoms with van der Waals surface area (Å²) in [7, 11) is 0. The molecule has 1 amide bonds. The lowest BCUT2D eigenvalue weighted by Gasteiger charge is -2.38. The Labute approximate surface area is 166 Å². The first-order valence-corrected chi connectivity index (χ1v) is 9.98. The highest BCUT2D eigenvalue weighted by molar-refractivity contribution is 6.06. The first-order valence-electron chi connectivity index (χ1n) is 9.98. The van der Waals surface area contributed by atoms with E-state index in [1.165, 1.54) is 11.8 Å². The smallest absolute Gasteiger partial charge is 0.261 e. The van der Waals surface area contributed by atoms with E-state index >= 15 is 0 Å². The van der Waals surface area contributed by atoms with Crippen molar-refractivity contribution < 1.29 is 9.21 Å². The van der Waals surface area contributed by atoms with Gasteiger partial charge in [0.1, 0.15) is 6.26 Å². The van der Waals surface area contributed by atoms with Crippen LogP contribution < -0.4 is 4.90 Å². The number of rotatable bonds is 6. The fourth-order valence-corrected chi connectivity index (χ4v) is 3.94. The SMILES string of the molecule is O=C(c1ccoc1)N(c1ccccc1)C1CCN(CCc2ccccc2)CC1. The summed E-state index contributed by atoms with van der Waals surface area (Å²) < 4.78 is 5.14. The fraction of sp³-hybridized carbons (Fsp3) is 0.292. The third-order valence-corrected chi connectivity index (χ3v) is 5.50.